The fourth-order valence-electron chi connectivity index (χ4n) is 8.21. The highest BCUT2D eigenvalue weighted by molar-refractivity contribution is 5.99. The van der Waals surface area contributed by atoms with Crippen LogP contribution in [0.3, 0.4) is 0 Å². The van der Waals surface area contributed by atoms with Gasteiger partial charge in [-0.2, -0.15) is 0 Å². The van der Waals surface area contributed by atoms with Crippen molar-refractivity contribution in [3.05, 3.63) is 84.5 Å². The molecule has 4 aliphatic rings. The number of cyclic esters (lactones) is 1. The summed E-state index contributed by atoms with van der Waals surface area (Å²) in [5, 5.41) is 22.2. The van der Waals surface area contributed by atoms with Crippen molar-refractivity contribution in [3.8, 4) is 0 Å². The van der Waals surface area contributed by atoms with E-state index in [2.05, 4.69) is 15.6 Å². The number of likely N-dealkylation sites (tertiary alicyclic amines) is 1. The second-order valence-electron chi connectivity index (χ2n) is 14.3. The SMILES string of the molecule is CC(C)C[C@H](CO)N1C(=O)[C@@H]2[C@H]3C(=O)O[C@H](c4ccccc4)[C@@H](C)NC(=O)CC/C=C\[C@H]3O[C@@]23C=CCN(Cn2nnc4ccccc42)C(=O)[C@@H]13. The first-order valence-corrected chi connectivity index (χ1v) is 17.7. The van der Waals surface area contributed by atoms with Gasteiger partial charge in [0.2, 0.25) is 11.8 Å². The number of benzene rings is 2. The van der Waals surface area contributed by atoms with Crippen molar-refractivity contribution >= 4 is 34.7 Å². The number of hydrogen-bond donors (Lipinski definition) is 2. The summed E-state index contributed by atoms with van der Waals surface area (Å²) in [6, 6.07) is 14.1. The Balaban J connectivity index is 1.31. The number of aromatic nitrogens is 3. The number of esters is 1. The number of carbonyl (C=O) groups is 4. The standard InChI is InChI=1S/C38H44N6O7/c1-23(2)20-26(21-45)44-34-36(48)42(22-43-28-15-8-7-14-27(28)40-41-43)19-11-18-38(34)32(35(44)47)31-29(51-38)16-9-10-17-30(46)39-24(3)33(50-37(31)49)25-12-5-4-6-13-25/h4-9,11-16,18,23-24,26,29,31-34,45H,10,17,19-22H2,1-3H3,(H,39,46)/b16-9-/t24-,26-,29-,31+,32+,33+,34-,38+/m1/s1. The third-order valence-corrected chi connectivity index (χ3v) is 10.4. The summed E-state index contributed by atoms with van der Waals surface area (Å²) < 4.78 is 14.8. The molecule has 5 heterocycles. The average molecular weight is 697 g/mol. The Morgan fingerprint density at radius 1 is 1.02 bits per heavy atom. The fourth-order valence-corrected chi connectivity index (χ4v) is 8.21. The molecule has 8 atom stereocenters. The molecule has 2 N–H and O–H groups in total. The molecule has 51 heavy (non-hydrogen) atoms. The van der Waals surface area contributed by atoms with E-state index < -0.39 is 65.6 Å². The monoisotopic (exact) mass is 696 g/mol. The van der Waals surface area contributed by atoms with E-state index in [4.69, 9.17) is 9.47 Å². The van der Waals surface area contributed by atoms with Gasteiger partial charge in [0.05, 0.1) is 36.2 Å². The Morgan fingerprint density at radius 3 is 2.55 bits per heavy atom. The third kappa shape index (κ3) is 6.22. The Morgan fingerprint density at radius 2 is 1.78 bits per heavy atom. The molecular weight excluding hydrogens is 652 g/mol. The molecule has 7 rings (SSSR count). The van der Waals surface area contributed by atoms with Crippen LogP contribution in [0.15, 0.2) is 78.9 Å². The maximum absolute atomic E-state index is 14.9. The molecule has 2 fully saturated rings. The quantitative estimate of drug-likeness (QED) is 0.280. The predicted molar refractivity (Wildman–Crippen MR) is 185 cm³/mol. The lowest BCUT2D eigenvalue weighted by molar-refractivity contribution is -0.162. The van der Waals surface area contributed by atoms with Crippen LogP contribution in [0.2, 0.25) is 0 Å². The summed E-state index contributed by atoms with van der Waals surface area (Å²) in [5.74, 6) is -3.85. The summed E-state index contributed by atoms with van der Waals surface area (Å²) in [4.78, 5) is 60.3. The van der Waals surface area contributed by atoms with Crippen molar-refractivity contribution in [2.24, 2.45) is 17.8 Å². The van der Waals surface area contributed by atoms with Gasteiger partial charge in [-0.25, -0.2) is 4.68 Å². The number of carbonyl (C=O) groups excluding carboxylic acids is 4. The minimum absolute atomic E-state index is 0.0589. The molecule has 0 aliphatic carbocycles. The zero-order valence-electron chi connectivity index (χ0n) is 29.0. The molecule has 4 aliphatic heterocycles. The van der Waals surface area contributed by atoms with Crippen LogP contribution in [0.4, 0.5) is 0 Å². The molecule has 268 valence electrons. The Hall–Kier alpha value is -4.88. The Kier molecular flexibility index (Phi) is 9.51. The summed E-state index contributed by atoms with van der Waals surface area (Å²) in [6.07, 6.45) is 6.29. The van der Waals surface area contributed by atoms with Crippen LogP contribution in [-0.2, 0) is 35.3 Å². The molecule has 0 unspecified atom stereocenters. The summed E-state index contributed by atoms with van der Waals surface area (Å²) >= 11 is 0. The molecule has 3 amide bonds. The minimum Gasteiger partial charge on any atom is -0.455 e. The van der Waals surface area contributed by atoms with Crippen molar-refractivity contribution in [2.45, 2.75) is 82.6 Å². The summed E-state index contributed by atoms with van der Waals surface area (Å²) in [5.41, 5.74) is 0.572. The van der Waals surface area contributed by atoms with Crippen LogP contribution in [-0.4, -0.2) is 96.6 Å². The van der Waals surface area contributed by atoms with Crippen LogP contribution in [0.1, 0.15) is 51.7 Å². The van der Waals surface area contributed by atoms with Crippen molar-refractivity contribution < 1.29 is 33.8 Å². The van der Waals surface area contributed by atoms with E-state index in [0.717, 1.165) is 5.52 Å². The number of nitrogens with one attached hydrogen (secondary N) is 1. The zero-order chi connectivity index (χ0) is 35.9. The largest absolute Gasteiger partial charge is 0.455 e. The van der Waals surface area contributed by atoms with Gasteiger partial charge >= 0.3 is 5.97 Å². The van der Waals surface area contributed by atoms with Gasteiger partial charge in [0.1, 0.15) is 35.9 Å². The van der Waals surface area contributed by atoms with E-state index in [1.807, 2.05) is 68.4 Å². The molecule has 1 spiro atoms. The number of para-hydroxylation sites is 1. The molecule has 1 aromatic heterocycles. The average Bonchev–Trinajstić information content (AvgIpc) is 3.71. The van der Waals surface area contributed by atoms with Gasteiger partial charge < -0.3 is 29.7 Å². The molecular formula is C38H44N6O7. The maximum atomic E-state index is 14.9. The lowest BCUT2D eigenvalue weighted by Gasteiger charge is -2.39. The van der Waals surface area contributed by atoms with Crippen LogP contribution in [0, 0.1) is 17.8 Å². The van der Waals surface area contributed by atoms with E-state index in [1.165, 1.54) is 4.90 Å². The number of aliphatic hydroxyl groups is 1. The number of allylic oxidation sites excluding steroid dienone is 1. The number of ether oxygens (including phenoxy) is 2. The van der Waals surface area contributed by atoms with Crippen LogP contribution in [0.25, 0.3) is 11.0 Å². The molecule has 3 aromatic rings. The minimum atomic E-state index is -1.54. The van der Waals surface area contributed by atoms with E-state index in [-0.39, 0.29) is 38.1 Å². The first-order chi connectivity index (χ1) is 24.6. The molecule has 2 aromatic carbocycles. The number of amides is 3. The number of aliphatic hydroxyl groups excluding tert-OH is 1. The van der Waals surface area contributed by atoms with Gasteiger partial charge in [-0.1, -0.05) is 85.8 Å². The number of fused-ring (bicyclic) bond motifs is 3. The normalized spacial score (nSPS) is 30.9. The lowest BCUT2D eigenvalue weighted by Crippen LogP contribution is -2.58. The third-order valence-electron chi connectivity index (χ3n) is 10.4. The van der Waals surface area contributed by atoms with Crippen molar-refractivity contribution in [1.82, 2.24) is 30.1 Å². The maximum Gasteiger partial charge on any atom is 0.313 e. The van der Waals surface area contributed by atoms with Crippen LogP contribution >= 0.6 is 0 Å². The first-order valence-electron chi connectivity index (χ1n) is 17.7. The fraction of sp³-hybridized carbons (Fsp3) is 0.474. The molecule has 0 radical (unpaired) electrons. The topological polar surface area (TPSA) is 156 Å². The van der Waals surface area contributed by atoms with Crippen molar-refractivity contribution in [1.29, 1.82) is 0 Å². The summed E-state index contributed by atoms with van der Waals surface area (Å²) in [7, 11) is 0. The molecule has 0 bridgehead atoms. The highest BCUT2D eigenvalue weighted by atomic mass is 16.6. The summed E-state index contributed by atoms with van der Waals surface area (Å²) in [6.45, 7) is 5.63. The Bertz CT molecular complexity index is 1860. The molecule has 0 saturated carbocycles. The number of nitrogens with zero attached hydrogens (tertiary/aromatic N) is 5. The Labute approximate surface area is 296 Å². The molecule has 13 heteroatoms. The predicted octanol–water partition coefficient (Wildman–Crippen LogP) is 2.91. The van der Waals surface area contributed by atoms with E-state index in [1.54, 1.807) is 40.8 Å². The second-order valence-corrected chi connectivity index (χ2v) is 14.3. The molecule has 2 saturated heterocycles. The van der Waals surface area contributed by atoms with Gasteiger partial charge in [0.25, 0.3) is 5.91 Å². The molecule has 13 nitrogen and oxygen atoms in total. The first kappa shape index (κ1) is 34.6. The van der Waals surface area contributed by atoms with Crippen molar-refractivity contribution in [2.75, 3.05) is 13.2 Å². The van der Waals surface area contributed by atoms with Crippen LogP contribution < -0.4 is 5.32 Å². The van der Waals surface area contributed by atoms with Gasteiger partial charge in [0.15, 0.2) is 0 Å². The van der Waals surface area contributed by atoms with Gasteiger partial charge in [-0.05, 0) is 43.4 Å². The van der Waals surface area contributed by atoms with E-state index >= 15 is 0 Å². The van der Waals surface area contributed by atoms with Crippen LogP contribution in [0.5, 0.6) is 0 Å². The van der Waals surface area contributed by atoms with E-state index in [0.29, 0.717) is 23.9 Å². The number of hydrogen-bond acceptors (Lipinski definition) is 9. The van der Waals surface area contributed by atoms with Gasteiger partial charge in [-0.3, -0.25) is 19.2 Å². The van der Waals surface area contributed by atoms with Gasteiger partial charge in [0, 0.05) is 13.0 Å². The smallest absolute Gasteiger partial charge is 0.313 e. The second kappa shape index (κ2) is 14.0. The lowest BCUT2D eigenvalue weighted by atomic mass is 9.77. The van der Waals surface area contributed by atoms with Gasteiger partial charge in [-0.15, -0.1) is 5.10 Å². The van der Waals surface area contributed by atoms with E-state index in [9.17, 15) is 24.3 Å². The number of rotatable bonds is 7. The highest BCUT2D eigenvalue weighted by Gasteiger charge is 2.72. The zero-order valence-corrected chi connectivity index (χ0v) is 29.0. The highest BCUT2D eigenvalue weighted by Crippen LogP contribution is 2.54. The van der Waals surface area contributed by atoms with Crippen molar-refractivity contribution in [3.63, 3.8) is 0 Å².